The number of halogens is 1. The van der Waals surface area contributed by atoms with Gasteiger partial charge < -0.3 is 15.5 Å². The lowest BCUT2D eigenvalue weighted by molar-refractivity contribution is -0.130. The van der Waals surface area contributed by atoms with Gasteiger partial charge in [0.05, 0.1) is 5.92 Å². The van der Waals surface area contributed by atoms with Gasteiger partial charge in [-0.05, 0) is 25.8 Å². The second-order valence-electron chi connectivity index (χ2n) is 6.08. The minimum atomic E-state index is -0.131. The Hall–Kier alpha value is -0.810. The van der Waals surface area contributed by atoms with Gasteiger partial charge in [-0.3, -0.25) is 9.59 Å². The van der Waals surface area contributed by atoms with Gasteiger partial charge in [0, 0.05) is 31.6 Å². The largest absolute Gasteiger partial charge is 0.352 e. The summed E-state index contributed by atoms with van der Waals surface area (Å²) in [4.78, 5) is 26.2. The molecule has 0 spiro atoms. The molecular weight excluding hydrogens is 278 g/mol. The predicted octanol–water partition coefficient (Wildman–Crippen LogP) is 0.677. The van der Waals surface area contributed by atoms with Crippen LogP contribution in [-0.2, 0) is 9.59 Å². The molecule has 2 amide bonds. The maximum absolute atomic E-state index is 12.2. The molecular formula is C14H24ClN3O2. The van der Waals surface area contributed by atoms with Crippen molar-refractivity contribution in [2.24, 2.45) is 5.92 Å². The molecule has 2 heterocycles. The summed E-state index contributed by atoms with van der Waals surface area (Å²) < 4.78 is 0. The molecule has 0 aromatic heterocycles. The van der Waals surface area contributed by atoms with Crippen LogP contribution in [0.15, 0.2) is 0 Å². The van der Waals surface area contributed by atoms with Crippen LogP contribution in [0.5, 0.6) is 0 Å². The van der Waals surface area contributed by atoms with Gasteiger partial charge in [-0.1, -0.05) is 12.8 Å². The van der Waals surface area contributed by atoms with Crippen molar-refractivity contribution < 1.29 is 9.59 Å². The van der Waals surface area contributed by atoms with Gasteiger partial charge in [0.15, 0.2) is 0 Å². The topological polar surface area (TPSA) is 61.4 Å². The molecule has 2 unspecified atom stereocenters. The second kappa shape index (κ2) is 6.76. The molecule has 2 saturated heterocycles. The number of hydrogen-bond donors (Lipinski definition) is 2. The average molecular weight is 302 g/mol. The van der Waals surface area contributed by atoms with Crippen molar-refractivity contribution in [1.29, 1.82) is 0 Å². The Bertz CT molecular complexity index is 365. The second-order valence-corrected chi connectivity index (χ2v) is 6.08. The summed E-state index contributed by atoms with van der Waals surface area (Å²) in [6.07, 6.45) is 6.08. The predicted molar refractivity (Wildman–Crippen MR) is 78.7 cm³/mol. The Labute approximate surface area is 126 Å². The lowest BCUT2D eigenvalue weighted by Gasteiger charge is -2.24. The fourth-order valence-corrected chi connectivity index (χ4v) is 3.57. The number of likely N-dealkylation sites (tertiary alicyclic amines) is 1. The maximum Gasteiger partial charge on any atom is 0.225 e. The zero-order valence-electron chi connectivity index (χ0n) is 11.8. The molecule has 6 heteroatoms. The van der Waals surface area contributed by atoms with Crippen LogP contribution in [0.4, 0.5) is 0 Å². The number of amides is 2. The smallest absolute Gasteiger partial charge is 0.225 e. The van der Waals surface area contributed by atoms with Gasteiger partial charge in [0.1, 0.15) is 0 Å². The Morgan fingerprint density at radius 2 is 2.00 bits per heavy atom. The molecule has 3 aliphatic rings. The number of rotatable bonds is 3. The normalized spacial score (nSPS) is 30.6. The van der Waals surface area contributed by atoms with Gasteiger partial charge in [-0.2, -0.15) is 0 Å². The monoisotopic (exact) mass is 301 g/mol. The highest BCUT2D eigenvalue weighted by atomic mass is 35.5. The summed E-state index contributed by atoms with van der Waals surface area (Å²) in [6.45, 7) is 2.47. The van der Waals surface area contributed by atoms with Crippen LogP contribution < -0.4 is 10.6 Å². The molecule has 0 aromatic rings. The van der Waals surface area contributed by atoms with Gasteiger partial charge in [0.25, 0.3) is 0 Å². The number of nitrogens with one attached hydrogen (secondary N) is 2. The summed E-state index contributed by atoms with van der Waals surface area (Å²) in [7, 11) is 0. The van der Waals surface area contributed by atoms with Crippen molar-refractivity contribution in [1.82, 2.24) is 15.5 Å². The Morgan fingerprint density at radius 1 is 1.25 bits per heavy atom. The van der Waals surface area contributed by atoms with E-state index in [1.54, 1.807) is 0 Å². The number of nitrogens with zero attached hydrogens (tertiary/aromatic N) is 1. The van der Waals surface area contributed by atoms with Gasteiger partial charge in [-0.25, -0.2) is 0 Å². The highest BCUT2D eigenvalue weighted by Gasteiger charge is 2.39. The first-order valence-corrected chi connectivity index (χ1v) is 7.54. The Balaban J connectivity index is 0.00000147. The summed E-state index contributed by atoms with van der Waals surface area (Å²) in [5.41, 5.74) is 0. The van der Waals surface area contributed by atoms with Crippen LogP contribution in [-0.4, -0.2) is 48.4 Å². The summed E-state index contributed by atoms with van der Waals surface area (Å²) in [6, 6.07) is 0.654. The average Bonchev–Trinajstić information content (AvgIpc) is 3.07. The molecule has 2 N–H and O–H groups in total. The summed E-state index contributed by atoms with van der Waals surface area (Å²) in [5.74, 6) is 0.118. The third-order valence-electron chi connectivity index (χ3n) is 4.70. The maximum atomic E-state index is 12.2. The van der Waals surface area contributed by atoms with Crippen LogP contribution >= 0.6 is 12.4 Å². The standard InChI is InChI=1S/C14H23N3O2.ClH/c18-13-7-10(9-17(13)12-3-1-2-4-12)14(19)16-11-5-6-15-8-11;/h10-12,15H,1-9H2,(H,16,19);1H. The number of hydrogen-bond acceptors (Lipinski definition) is 3. The van der Waals surface area contributed by atoms with Crippen molar-refractivity contribution >= 4 is 24.2 Å². The number of carbonyl (C=O) groups excluding carboxylic acids is 2. The fourth-order valence-electron chi connectivity index (χ4n) is 3.57. The molecule has 5 nitrogen and oxygen atoms in total. The minimum Gasteiger partial charge on any atom is -0.352 e. The highest BCUT2D eigenvalue weighted by molar-refractivity contribution is 5.89. The highest BCUT2D eigenvalue weighted by Crippen LogP contribution is 2.29. The first kappa shape index (κ1) is 15.6. The van der Waals surface area contributed by atoms with Crippen LogP contribution in [0.2, 0.25) is 0 Å². The molecule has 2 atom stereocenters. The lowest BCUT2D eigenvalue weighted by Crippen LogP contribution is -2.41. The van der Waals surface area contributed by atoms with Gasteiger partial charge in [-0.15, -0.1) is 12.4 Å². The molecule has 2 aliphatic heterocycles. The van der Waals surface area contributed by atoms with E-state index in [-0.39, 0.29) is 36.2 Å². The SMILES string of the molecule is Cl.O=C(NC1CCNC1)C1CC(=O)N(C2CCCC2)C1. The van der Waals surface area contributed by atoms with Gasteiger partial charge >= 0.3 is 0 Å². The molecule has 0 radical (unpaired) electrons. The third kappa shape index (κ3) is 3.26. The Morgan fingerprint density at radius 3 is 2.65 bits per heavy atom. The van der Waals surface area contributed by atoms with E-state index < -0.39 is 0 Å². The van der Waals surface area contributed by atoms with Crippen molar-refractivity contribution in [3.05, 3.63) is 0 Å². The van der Waals surface area contributed by atoms with Crippen LogP contribution in [0.25, 0.3) is 0 Å². The molecule has 114 valence electrons. The lowest BCUT2D eigenvalue weighted by atomic mass is 10.1. The van der Waals surface area contributed by atoms with Crippen molar-refractivity contribution in [2.45, 2.75) is 50.6 Å². The number of carbonyl (C=O) groups is 2. The van der Waals surface area contributed by atoms with Crippen molar-refractivity contribution in [3.63, 3.8) is 0 Å². The molecule has 0 aromatic carbocycles. The quantitative estimate of drug-likeness (QED) is 0.806. The first-order chi connectivity index (χ1) is 9.24. The summed E-state index contributed by atoms with van der Waals surface area (Å²) >= 11 is 0. The van der Waals surface area contributed by atoms with Crippen molar-refractivity contribution in [2.75, 3.05) is 19.6 Å². The zero-order valence-corrected chi connectivity index (χ0v) is 12.6. The van der Waals surface area contributed by atoms with Crippen LogP contribution in [0.1, 0.15) is 38.5 Å². The fraction of sp³-hybridized carbons (Fsp3) is 0.857. The van der Waals surface area contributed by atoms with Crippen LogP contribution in [0, 0.1) is 5.92 Å². The van der Waals surface area contributed by atoms with E-state index in [2.05, 4.69) is 10.6 Å². The molecule has 0 bridgehead atoms. The third-order valence-corrected chi connectivity index (χ3v) is 4.70. The minimum absolute atomic E-state index is 0. The van der Waals surface area contributed by atoms with E-state index in [0.29, 0.717) is 19.0 Å². The molecule has 3 rings (SSSR count). The first-order valence-electron chi connectivity index (χ1n) is 7.54. The molecule has 1 aliphatic carbocycles. The summed E-state index contributed by atoms with van der Waals surface area (Å²) in [5, 5.41) is 6.31. The van der Waals surface area contributed by atoms with Crippen molar-refractivity contribution in [3.8, 4) is 0 Å². The molecule has 20 heavy (non-hydrogen) atoms. The van der Waals surface area contributed by atoms with E-state index in [1.807, 2.05) is 4.90 Å². The Kier molecular flexibility index (Phi) is 5.27. The molecule has 3 fully saturated rings. The molecule has 1 saturated carbocycles. The van der Waals surface area contributed by atoms with Gasteiger partial charge in [0.2, 0.25) is 11.8 Å². The van der Waals surface area contributed by atoms with E-state index in [0.717, 1.165) is 32.4 Å². The van der Waals surface area contributed by atoms with E-state index in [4.69, 9.17) is 0 Å². The van der Waals surface area contributed by atoms with E-state index >= 15 is 0 Å². The van der Waals surface area contributed by atoms with E-state index in [1.165, 1.54) is 12.8 Å². The van der Waals surface area contributed by atoms with E-state index in [9.17, 15) is 9.59 Å². The zero-order chi connectivity index (χ0) is 13.2. The van der Waals surface area contributed by atoms with Crippen LogP contribution in [0.3, 0.4) is 0 Å².